The standard InChI is InChI=1S/C47H61NO8/c1-4-5-6-19-28-40-42(56-47(2,3)55-40)39(48)33-53-46-45(52-32-38-26-17-10-18-27-38)44(51-31-37-24-15-9-16-25-37)43(50-30-36-22-13-8-14-23-36)41(54-46)34-49-29-35-20-11-7-12-21-35/h7-18,20-27,39-46H,4-6,19,28-34,48H2,1-3H3/t39-,40+,41?,42-,43?,44?,45?,46?/m0/s1. The lowest BCUT2D eigenvalue weighted by atomic mass is 9.97. The van der Waals surface area contributed by atoms with Crippen LogP contribution in [0.15, 0.2) is 121 Å². The SMILES string of the molecule is CCCCCC[C@H]1OC(C)(C)O[C@H]1[C@@H](N)COC1OC(COCc2ccccc2)C(OCc2ccccc2)C(OCc2ccccc2)C1OCc1ccccc1. The minimum Gasteiger partial charge on any atom is -0.374 e. The highest BCUT2D eigenvalue weighted by Gasteiger charge is 2.50. The van der Waals surface area contributed by atoms with E-state index in [1.165, 1.54) is 12.8 Å². The molecule has 9 nitrogen and oxygen atoms in total. The molecule has 2 N–H and O–H groups in total. The molecule has 302 valence electrons. The summed E-state index contributed by atoms with van der Waals surface area (Å²) in [4.78, 5) is 0. The Labute approximate surface area is 333 Å². The van der Waals surface area contributed by atoms with Crippen LogP contribution in [0.1, 0.15) is 75.1 Å². The Balaban J connectivity index is 1.27. The van der Waals surface area contributed by atoms with Gasteiger partial charge in [-0.15, -0.1) is 0 Å². The number of ether oxygens (including phenoxy) is 8. The van der Waals surface area contributed by atoms with Crippen molar-refractivity contribution in [2.75, 3.05) is 13.2 Å². The van der Waals surface area contributed by atoms with Crippen molar-refractivity contribution in [2.24, 2.45) is 5.73 Å². The molecule has 9 heteroatoms. The largest absolute Gasteiger partial charge is 0.374 e. The minimum atomic E-state index is -0.856. The molecule has 0 spiro atoms. The zero-order chi connectivity index (χ0) is 39.0. The van der Waals surface area contributed by atoms with Crippen LogP contribution in [0.4, 0.5) is 0 Å². The molecule has 0 aliphatic carbocycles. The van der Waals surface area contributed by atoms with E-state index in [0.717, 1.165) is 41.5 Å². The van der Waals surface area contributed by atoms with Gasteiger partial charge < -0.3 is 43.6 Å². The zero-order valence-corrected chi connectivity index (χ0v) is 33.3. The van der Waals surface area contributed by atoms with Gasteiger partial charge in [0.2, 0.25) is 0 Å². The van der Waals surface area contributed by atoms with Crippen LogP contribution in [0.25, 0.3) is 0 Å². The van der Waals surface area contributed by atoms with Crippen molar-refractivity contribution in [3.63, 3.8) is 0 Å². The van der Waals surface area contributed by atoms with Crippen LogP contribution >= 0.6 is 0 Å². The minimum absolute atomic E-state index is 0.130. The van der Waals surface area contributed by atoms with E-state index in [-0.39, 0.29) is 25.4 Å². The molecule has 0 bridgehead atoms. The van der Waals surface area contributed by atoms with Gasteiger partial charge in [0.25, 0.3) is 0 Å². The van der Waals surface area contributed by atoms with E-state index < -0.39 is 42.5 Å². The van der Waals surface area contributed by atoms with Gasteiger partial charge in [-0.1, -0.05) is 154 Å². The van der Waals surface area contributed by atoms with Crippen molar-refractivity contribution >= 4 is 0 Å². The summed E-state index contributed by atoms with van der Waals surface area (Å²) in [6.07, 6.45) is 1.72. The van der Waals surface area contributed by atoms with E-state index in [2.05, 4.69) is 19.1 Å². The molecule has 0 amide bonds. The number of unbranched alkanes of at least 4 members (excludes halogenated alkanes) is 3. The Bertz CT molecular complexity index is 1650. The van der Waals surface area contributed by atoms with Crippen LogP contribution in [-0.4, -0.2) is 68.0 Å². The van der Waals surface area contributed by atoms with Gasteiger partial charge in [-0.3, -0.25) is 0 Å². The maximum Gasteiger partial charge on any atom is 0.187 e. The fraction of sp³-hybridized carbons (Fsp3) is 0.489. The smallest absolute Gasteiger partial charge is 0.187 e. The zero-order valence-electron chi connectivity index (χ0n) is 33.3. The summed E-state index contributed by atoms with van der Waals surface area (Å²) in [6, 6.07) is 39.9. The molecule has 5 unspecified atom stereocenters. The molecule has 2 fully saturated rings. The Morgan fingerprint density at radius 1 is 0.571 bits per heavy atom. The monoisotopic (exact) mass is 767 g/mol. The summed E-state index contributed by atoms with van der Waals surface area (Å²) in [5, 5.41) is 0. The van der Waals surface area contributed by atoms with Gasteiger partial charge in [-0.05, 0) is 42.5 Å². The van der Waals surface area contributed by atoms with Gasteiger partial charge in [-0.2, -0.15) is 0 Å². The van der Waals surface area contributed by atoms with Crippen molar-refractivity contribution in [1.82, 2.24) is 0 Å². The fourth-order valence-electron chi connectivity index (χ4n) is 7.40. The lowest BCUT2D eigenvalue weighted by molar-refractivity contribution is -0.329. The number of hydrogen-bond donors (Lipinski definition) is 1. The van der Waals surface area contributed by atoms with Crippen LogP contribution in [0, 0.1) is 0 Å². The first kappa shape index (κ1) is 42.1. The van der Waals surface area contributed by atoms with Gasteiger partial charge in [0.05, 0.1) is 51.8 Å². The quantitative estimate of drug-likeness (QED) is 0.0790. The van der Waals surface area contributed by atoms with E-state index in [1.54, 1.807) is 0 Å². The Kier molecular flexibility index (Phi) is 16.5. The van der Waals surface area contributed by atoms with Gasteiger partial charge in [-0.25, -0.2) is 0 Å². The van der Waals surface area contributed by atoms with Crippen LogP contribution in [-0.2, 0) is 64.3 Å². The molecule has 0 radical (unpaired) electrons. The molecular formula is C47H61NO8. The molecular weight excluding hydrogens is 707 g/mol. The molecule has 56 heavy (non-hydrogen) atoms. The highest BCUT2D eigenvalue weighted by Crippen LogP contribution is 2.35. The van der Waals surface area contributed by atoms with Crippen LogP contribution in [0.3, 0.4) is 0 Å². The van der Waals surface area contributed by atoms with Crippen molar-refractivity contribution in [2.45, 2.75) is 134 Å². The molecule has 4 aromatic rings. The summed E-state index contributed by atoms with van der Waals surface area (Å²) >= 11 is 0. The average Bonchev–Trinajstić information content (AvgIpc) is 3.55. The molecule has 6 rings (SSSR count). The van der Waals surface area contributed by atoms with E-state index in [0.29, 0.717) is 26.4 Å². The predicted octanol–water partition coefficient (Wildman–Crippen LogP) is 8.52. The average molecular weight is 768 g/mol. The van der Waals surface area contributed by atoms with Crippen molar-refractivity contribution in [3.05, 3.63) is 144 Å². The first-order valence-electron chi connectivity index (χ1n) is 20.3. The summed E-state index contributed by atoms with van der Waals surface area (Å²) < 4.78 is 53.1. The van der Waals surface area contributed by atoms with Gasteiger partial charge >= 0.3 is 0 Å². The van der Waals surface area contributed by atoms with E-state index >= 15 is 0 Å². The van der Waals surface area contributed by atoms with Crippen LogP contribution < -0.4 is 5.73 Å². The van der Waals surface area contributed by atoms with E-state index in [1.807, 2.05) is 123 Å². The second-order valence-electron chi connectivity index (χ2n) is 15.3. The van der Waals surface area contributed by atoms with Crippen LogP contribution in [0.5, 0.6) is 0 Å². The summed E-state index contributed by atoms with van der Waals surface area (Å²) in [6.45, 7) is 7.94. The maximum absolute atomic E-state index is 6.93. The molecule has 2 saturated heterocycles. The third-order valence-electron chi connectivity index (χ3n) is 10.3. The van der Waals surface area contributed by atoms with Gasteiger partial charge in [0.15, 0.2) is 12.1 Å². The number of rotatable bonds is 22. The first-order valence-corrected chi connectivity index (χ1v) is 20.3. The number of benzene rings is 4. The lowest BCUT2D eigenvalue weighted by Crippen LogP contribution is -2.62. The van der Waals surface area contributed by atoms with E-state index in [9.17, 15) is 0 Å². The van der Waals surface area contributed by atoms with Crippen molar-refractivity contribution in [1.29, 1.82) is 0 Å². The summed E-state index contributed by atoms with van der Waals surface area (Å²) in [5.74, 6) is -0.735. The first-order chi connectivity index (χ1) is 27.4. The van der Waals surface area contributed by atoms with Crippen molar-refractivity contribution < 1.29 is 37.9 Å². The summed E-state index contributed by atoms with van der Waals surface area (Å²) in [7, 11) is 0. The Morgan fingerprint density at radius 2 is 1.07 bits per heavy atom. The Hall–Kier alpha value is -3.48. The van der Waals surface area contributed by atoms with Gasteiger partial charge in [0.1, 0.15) is 30.5 Å². The molecule has 4 aromatic carbocycles. The molecule has 0 aromatic heterocycles. The van der Waals surface area contributed by atoms with Crippen molar-refractivity contribution in [3.8, 4) is 0 Å². The molecule has 8 atom stereocenters. The predicted molar refractivity (Wildman–Crippen MR) is 216 cm³/mol. The topological polar surface area (TPSA) is 99.9 Å². The van der Waals surface area contributed by atoms with Gasteiger partial charge in [0, 0.05) is 0 Å². The highest BCUT2D eigenvalue weighted by molar-refractivity contribution is 5.16. The molecule has 2 aliphatic rings. The maximum atomic E-state index is 6.93. The molecule has 2 aliphatic heterocycles. The summed E-state index contributed by atoms with van der Waals surface area (Å²) in [5.41, 5.74) is 11.1. The third kappa shape index (κ3) is 12.8. The second kappa shape index (κ2) is 21.9. The lowest BCUT2D eigenvalue weighted by Gasteiger charge is -2.46. The number of nitrogens with two attached hydrogens (primary N) is 1. The van der Waals surface area contributed by atoms with E-state index in [4.69, 9.17) is 43.6 Å². The highest BCUT2D eigenvalue weighted by atomic mass is 16.8. The number of hydrogen-bond acceptors (Lipinski definition) is 9. The molecule has 0 saturated carbocycles. The third-order valence-corrected chi connectivity index (χ3v) is 10.3. The normalized spacial score (nSPS) is 25.2. The second-order valence-corrected chi connectivity index (χ2v) is 15.3. The van der Waals surface area contributed by atoms with Crippen LogP contribution in [0.2, 0.25) is 0 Å². The fourth-order valence-corrected chi connectivity index (χ4v) is 7.40. The Morgan fingerprint density at radius 3 is 1.61 bits per heavy atom. The molecule has 2 heterocycles.